The Balaban J connectivity index is 2.23. The van der Waals surface area contributed by atoms with Gasteiger partial charge in [-0.2, -0.15) is 0 Å². The van der Waals surface area contributed by atoms with E-state index in [9.17, 15) is 4.79 Å². The van der Waals surface area contributed by atoms with E-state index in [2.05, 4.69) is 29.1 Å². The molecule has 3 rings (SSSR count). The van der Waals surface area contributed by atoms with Gasteiger partial charge in [0.05, 0.1) is 0 Å². The average Bonchev–Trinajstić information content (AvgIpc) is 2.54. The highest BCUT2D eigenvalue weighted by Crippen LogP contribution is 2.19. The maximum absolute atomic E-state index is 11.1. The van der Waals surface area contributed by atoms with Gasteiger partial charge in [-0.1, -0.05) is 30.3 Å². The summed E-state index contributed by atoms with van der Waals surface area (Å²) in [6.45, 7) is 0. The molecule has 1 fully saturated rings. The zero-order valence-corrected chi connectivity index (χ0v) is 7.58. The van der Waals surface area contributed by atoms with Gasteiger partial charge < -0.3 is 5.43 Å². The molecule has 0 spiro atoms. The predicted octanol–water partition coefficient (Wildman–Crippen LogP) is -0.770. The van der Waals surface area contributed by atoms with Crippen LogP contribution >= 0.6 is 0 Å². The molecule has 1 aliphatic carbocycles. The van der Waals surface area contributed by atoms with Crippen molar-refractivity contribution in [2.24, 2.45) is 5.92 Å². The Morgan fingerprint density at radius 1 is 1.21 bits per heavy atom. The average molecular weight is 186 g/mol. The topological polar surface area (TPSA) is 41.1 Å². The standard InChI is InChI=1S/C11H10N2O/c14-10-6-8-5-7-3-1-2-4-9(7)11(8)13-12-10/h1-5,8,13H,6H2,(H,12,14). The first-order valence-electron chi connectivity index (χ1n) is 4.70. The Bertz CT molecular complexity index is 518. The highest BCUT2D eigenvalue weighted by molar-refractivity contribution is 5.83. The van der Waals surface area contributed by atoms with E-state index < -0.39 is 0 Å². The minimum Gasteiger partial charge on any atom is -0.301 e. The summed E-state index contributed by atoms with van der Waals surface area (Å²) in [6, 6.07) is 8.18. The zero-order valence-electron chi connectivity index (χ0n) is 7.58. The summed E-state index contributed by atoms with van der Waals surface area (Å²) in [5, 5.41) is 2.43. The van der Waals surface area contributed by atoms with Crippen LogP contribution < -0.4 is 21.3 Å². The van der Waals surface area contributed by atoms with Crippen LogP contribution in [0.4, 0.5) is 0 Å². The first kappa shape index (κ1) is 7.62. The smallest absolute Gasteiger partial charge is 0.239 e. The van der Waals surface area contributed by atoms with E-state index in [1.165, 1.54) is 10.4 Å². The second-order valence-corrected chi connectivity index (χ2v) is 3.65. The van der Waals surface area contributed by atoms with Crippen molar-refractivity contribution in [3.63, 3.8) is 0 Å². The maximum atomic E-state index is 11.1. The van der Waals surface area contributed by atoms with Crippen LogP contribution in [-0.2, 0) is 4.79 Å². The number of amides is 1. The van der Waals surface area contributed by atoms with Crippen LogP contribution in [0.15, 0.2) is 24.3 Å². The van der Waals surface area contributed by atoms with Crippen molar-refractivity contribution >= 4 is 17.7 Å². The molecule has 1 unspecified atom stereocenters. The lowest BCUT2D eigenvalue weighted by Crippen LogP contribution is -2.45. The monoisotopic (exact) mass is 186 g/mol. The van der Waals surface area contributed by atoms with Gasteiger partial charge in [-0.05, 0) is 5.22 Å². The number of carbonyl (C=O) groups excluding carboxylic acids is 1. The Hall–Kier alpha value is -1.77. The van der Waals surface area contributed by atoms with Crippen LogP contribution in [0, 0.1) is 5.92 Å². The number of hydrogen-bond donors (Lipinski definition) is 2. The molecule has 3 heteroatoms. The van der Waals surface area contributed by atoms with E-state index in [0.29, 0.717) is 6.42 Å². The quantitative estimate of drug-likeness (QED) is 0.558. The Morgan fingerprint density at radius 2 is 2.07 bits per heavy atom. The third-order valence-corrected chi connectivity index (χ3v) is 2.74. The summed E-state index contributed by atoms with van der Waals surface area (Å²) in [7, 11) is 0. The van der Waals surface area contributed by atoms with Crippen LogP contribution in [0.1, 0.15) is 6.42 Å². The largest absolute Gasteiger partial charge is 0.301 e. The summed E-state index contributed by atoms with van der Waals surface area (Å²) in [4.78, 5) is 11.1. The summed E-state index contributed by atoms with van der Waals surface area (Å²) in [5.41, 5.74) is 6.75. The Kier molecular flexibility index (Phi) is 1.42. The van der Waals surface area contributed by atoms with E-state index in [1.54, 1.807) is 0 Å². The van der Waals surface area contributed by atoms with Gasteiger partial charge in [0.2, 0.25) is 5.91 Å². The summed E-state index contributed by atoms with van der Waals surface area (Å²) >= 11 is 0. The first-order chi connectivity index (χ1) is 6.84. The van der Waals surface area contributed by atoms with Crippen LogP contribution in [0.3, 0.4) is 0 Å². The van der Waals surface area contributed by atoms with Gasteiger partial charge >= 0.3 is 0 Å². The molecule has 1 atom stereocenters. The van der Waals surface area contributed by atoms with Crippen molar-refractivity contribution < 1.29 is 4.79 Å². The fourth-order valence-electron chi connectivity index (χ4n) is 2.10. The molecule has 1 amide bonds. The molecule has 1 heterocycles. The molecule has 1 aromatic rings. The normalized spacial score (nSPS) is 23.0. The third kappa shape index (κ3) is 0.954. The lowest BCUT2D eigenvalue weighted by atomic mass is 10.0. The predicted molar refractivity (Wildman–Crippen MR) is 53.0 cm³/mol. The second kappa shape index (κ2) is 2.61. The van der Waals surface area contributed by atoms with E-state index >= 15 is 0 Å². The molecular formula is C11H10N2O. The SMILES string of the molecule is O=C1CC2C=c3ccccc3=C2NN1. The number of carbonyl (C=O) groups is 1. The molecule has 0 saturated carbocycles. The van der Waals surface area contributed by atoms with Crippen LogP contribution in [0.5, 0.6) is 0 Å². The molecule has 1 aromatic carbocycles. The van der Waals surface area contributed by atoms with Crippen LogP contribution in [0.2, 0.25) is 0 Å². The van der Waals surface area contributed by atoms with Crippen LogP contribution in [-0.4, -0.2) is 5.91 Å². The van der Waals surface area contributed by atoms with E-state index in [-0.39, 0.29) is 11.8 Å². The minimum atomic E-state index is 0.0582. The van der Waals surface area contributed by atoms with Crippen LogP contribution in [0.25, 0.3) is 11.8 Å². The van der Waals surface area contributed by atoms with Crippen molar-refractivity contribution in [3.05, 3.63) is 34.7 Å². The van der Waals surface area contributed by atoms with Gasteiger partial charge in [0.1, 0.15) is 0 Å². The van der Waals surface area contributed by atoms with Crippen molar-refractivity contribution in [1.82, 2.24) is 10.9 Å². The fourth-order valence-corrected chi connectivity index (χ4v) is 2.10. The van der Waals surface area contributed by atoms with Gasteiger partial charge in [-0.3, -0.25) is 10.2 Å². The number of fused-ring (bicyclic) bond motifs is 2. The molecule has 0 bridgehead atoms. The number of hydrazine groups is 1. The molecule has 1 saturated heterocycles. The van der Waals surface area contributed by atoms with Gasteiger partial charge in [0.15, 0.2) is 0 Å². The lowest BCUT2D eigenvalue weighted by Gasteiger charge is -2.22. The maximum Gasteiger partial charge on any atom is 0.239 e. The number of hydrogen-bond acceptors (Lipinski definition) is 2. The van der Waals surface area contributed by atoms with E-state index in [1.807, 2.05) is 12.1 Å². The van der Waals surface area contributed by atoms with Crippen molar-refractivity contribution in [2.45, 2.75) is 6.42 Å². The molecular weight excluding hydrogens is 176 g/mol. The lowest BCUT2D eigenvalue weighted by molar-refractivity contribution is -0.122. The minimum absolute atomic E-state index is 0.0582. The highest BCUT2D eigenvalue weighted by Gasteiger charge is 2.25. The Labute approximate surface area is 81.1 Å². The molecule has 1 aliphatic heterocycles. The second-order valence-electron chi connectivity index (χ2n) is 3.65. The molecule has 0 radical (unpaired) electrons. The number of nitrogens with one attached hydrogen (secondary N) is 2. The summed E-state index contributed by atoms with van der Waals surface area (Å²) in [5.74, 6) is 0.295. The van der Waals surface area contributed by atoms with Gasteiger partial charge in [0, 0.05) is 23.3 Å². The first-order valence-corrected chi connectivity index (χ1v) is 4.70. The Morgan fingerprint density at radius 3 is 3.00 bits per heavy atom. The fraction of sp³-hybridized carbons (Fsp3) is 0.182. The molecule has 0 aromatic heterocycles. The summed E-state index contributed by atoms with van der Waals surface area (Å²) < 4.78 is 0. The van der Waals surface area contributed by atoms with E-state index in [0.717, 1.165) is 5.70 Å². The molecule has 2 N–H and O–H groups in total. The molecule has 3 nitrogen and oxygen atoms in total. The zero-order chi connectivity index (χ0) is 9.54. The molecule has 2 aliphatic rings. The van der Waals surface area contributed by atoms with Gasteiger partial charge in [-0.15, -0.1) is 0 Å². The number of benzene rings is 1. The van der Waals surface area contributed by atoms with Gasteiger partial charge in [-0.25, -0.2) is 0 Å². The van der Waals surface area contributed by atoms with Crippen molar-refractivity contribution in [3.8, 4) is 0 Å². The number of rotatable bonds is 0. The summed E-state index contributed by atoms with van der Waals surface area (Å²) in [6.07, 6.45) is 2.70. The van der Waals surface area contributed by atoms with E-state index in [4.69, 9.17) is 0 Å². The highest BCUT2D eigenvalue weighted by atomic mass is 16.2. The van der Waals surface area contributed by atoms with Crippen molar-refractivity contribution in [1.29, 1.82) is 0 Å². The molecule has 14 heavy (non-hydrogen) atoms. The van der Waals surface area contributed by atoms with Gasteiger partial charge in [0.25, 0.3) is 0 Å². The van der Waals surface area contributed by atoms with Crippen molar-refractivity contribution in [2.75, 3.05) is 0 Å². The molecule has 70 valence electrons. The third-order valence-electron chi connectivity index (χ3n) is 2.74.